The molecule has 1 atom stereocenters. The maximum atomic E-state index is 12.7. The molecular weight excluding hydrogens is 366 g/mol. The predicted molar refractivity (Wildman–Crippen MR) is 97.0 cm³/mol. The van der Waals surface area contributed by atoms with Gasteiger partial charge in [-0.25, -0.2) is 0 Å². The van der Waals surface area contributed by atoms with Crippen LogP contribution in [0.25, 0.3) is 5.76 Å². The number of hydrogen-bond acceptors (Lipinski definition) is 7. The normalized spacial score (nSPS) is 20.6. The summed E-state index contributed by atoms with van der Waals surface area (Å²) in [5.74, 6) is -0.363. The van der Waals surface area contributed by atoms with E-state index < -0.39 is 17.7 Å². The monoisotopic (exact) mass is 385 g/mol. The van der Waals surface area contributed by atoms with Gasteiger partial charge in [-0.2, -0.15) is 0 Å². The maximum absolute atomic E-state index is 12.7. The third-order valence-corrected chi connectivity index (χ3v) is 4.70. The summed E-state index contributed by atoms with van der Waals surface area (Å²) in [7, 11) is 1.51. The highest BCUT2D eigenvalue weighted by molar-refractivity contribution is 6.46. The molecule has 8 nitrogen and oxygen atoms in total. The van der Waals surface area contributed by atoms with Crippen LogP contribution in [0.15, 0.2) is 46.6 Å². The van der Waals surface area contributed by atoms with Crippen molar-refractivity contribution in [3.05, 3.63) is 53.5 Å². The molecule has 0 spiro atoms. The second-order valence-corrected chi connectivity index (χ2v) is 6.36. The van der Waals surface area contributed by atoms with Gasteiger partial charge in [0.1, 0.15) is 30.8 Å². The topological polar surface area (TPSA) is 98.4 Å². The lowest BCUT2D eigenvalue weighted by atomic mass is 9.99. The fourth-order valence-electron chi connectivity index (χ4n) is 3.39. The average Bonchev–Trinajstić information content (AvgIpc) is 3.33. The molecule has 1 fully saturated rings. The van der Waals surface area contributed by atoms with Crippen molar-refractivity contribution < 1.29 is 33.3 Å². The first kappa shape index (κ1) is 18.1. The first-order valence-corrected chi connectivity index (χ1v) is 8.82. The largest absolute Gasteiger partial charge is 0.507 e. The highest BCUT2D eigenvalue weighted by atomic mass is 16.6. The van der Waals surface area contributed by atoms with Crippen LogP contribution in [-0.2, 0) is 14.3 Å². The molecule has 8 heteroatoms. The number of likely N-dealkylation sites (tertiary alicyclic amines) is 1. The molecule has 2 aliphatic rings. The zero-order chi connectivity index (χ0) is 19.7. The standard InChI is InChI=1S/C20H19NO7/c1-25-8-6-21-17(14-3-2-7-26-14)16(19(23)20(21)24)18(22)12-4-5-13-15(11-12)28-10-9-27-13/h2-5,7,11,17,22H,6,8-10H2,1H3/b18-16-. The second kappa shape index (κ2) is 7.40. The molecule has 1 unspecified atom stereocenters. The zero-order valence-corrected chi connectivity index (χ0v) is 15.2. The lowest BCUT2D eigenvalue weighted by molar-refractivity contribution is -0.140. The van der Waals surface area contributed by atoms with Crippen LogP contribution in [0, 0.1) is 0 Å². The lowest BCUT2D eigenvalue weighted by Crippen LogP contribution is -2.32. The van der Waals surface area contributed by atoms with Gasteiger partial charge in [-0.1, -0.05) is 0 Å². The van der Waals surface area contributed by atoms with Gasteiger partial charge in [0.2, 0.25) is 0 Å². The van der Waals surface area contributed by atoms with E-state index in [9.17, 15) is 14.7 Å². The van der Waals surface area contributed by atoms with Crippen LogP contribution >= 0.6 is 0 Å². The number of fused-ring (bicyclic) bond motifs is 1. The van der Waals surface area contributed by atoms with Crippen LogP contribution in [0.2, 0.25) is 0 Å². The van der Waals surface area contributed by atoms with Crippen molar-refractivity contribution in [1.29, 1.82) is 0 Å². The summed E-state index contributed by atoms with van der Waals surface area (Å²) >= 11 is 0. The minimum Gasteiger partial charge on any atom is -0.507 e. The Balaban J connectivity index is 1.80. The van der Waals surface area contributed by atoms with Crippen molar-refractivity contribution in [3.63, 3.8) is 0 Å². The Morgan fingerprint density at radius 2 is 2.00 bits per heavy atom. The Labute approximate surface area is 160 Å². The quantitative estimate of drug-likeness (QED) is 0.478. The van der Waals surface area contributed by atoms with E-state index in [1.165, 1.54) is 18.3 Å². The number of carbonyl (C=O) groups is 2. The van der Waals surface area contributed by atoms with E-state index in [4.69, 9.17) is 18.6 Å². The van der Waals surface area contributed by atoms with Gasteiger partial charge in [0, 0.05) is 19.2 Å². The number of nitrogens with zero attached hydrogens (tertiary/aromatic N) is 1. The Kier molecular flexibility index (Phi) is 4.79. The van der Waals surface area contributed by atoms with Crippen LogP contribution in [0.3, 0.4) is 0 Å². The van der Waals surface area contributed by atoms with Crippen LogP contribution in [0.5, 0.6) is 11.5 Å². The van der Waals surface area contributed by atoms with E-state index in [1.54, 1.807) is 30.3 Å². The van der Waals surface area contributed by atoms with Gasteiger partial charge >= 0.3 is 0 Å². The fourth-order valence-corrected chi connectivity index (χ4v) is 3.39. The Hall–Kier alpha value is -3.26. The minimum absolute atomic E-state index is 0.0345. The van der Waals surface area contributed by atoms with Gasteiger partial charge in [-0.05, 0) is 30.3 Å². The molecule has 0 aliphatic carbocycles. The average molecular weight is 385 g/mol. The van der Waals surface area contributed by atoms with Gasteiger partial charge < -0.3 is 28.6 Å². The highest BCUT2D eigenvalue weighted by Gasteiger charge is 2.47. The summed E-state index contributed by atoms with van der Waals surface area (Å²) in [6.07, 6.45) is 1.45. The summed E-state index contributed by atoms with van der Waals surface area (Å²) in [6, 6.07) is 7.35. The summed E-state index contributed by atoms with van der Waals surface area (Å²) in [5, 5.41) is 10.9. The van der Waals surface area contributed by atoms with Crippen molar-refractivity contribution in [1.82, 2.24) is 4.90 Å². The molecule has 1 aromatic heterocycles. The molecule has 2 aromatic rings. The highest BCUT2D eigenvalue weighted by Crippen LogP contribution is 2.41. The molecule has 1 aromatic carbocycles. The number of aliphatic hydroxyl groups excluding tert-OH is 1. The molecule has 1 N–H and O–H groups in total. The molecule has 4 rings (SSSR count). The van der Waals surface area contributed by atoms with Crippen molar-refractivity contribution in [2.45, 2.75) is 6.04 Å². The van der Waals surface area contributed by atoms with E-state index in [0.717, 1.165) is 0 Å². The molecule has 0 saturated carbocycles. The third-order valence-electron chi connectivity index (χ3n) is 4.70. The zero-order valence-electron chi connectivity index (χ0n) is 15.2. The van der Waals surface area contributed by atoms with E-state index in [0.29, 0.717) is 36.0 Å². The molecule has 2 aliphatic heterocycles. The number of methoxy groups -OCH3 is 1. The number of furan rings is 1. The van der Waals surface area contributed by atoms with E-state index in [2.05, 4.69) is 0 Å². The predicted octanol–water partition coefficient (Wildman–Crippen LogP) is 2.12. The smallest absolute Gasteiger partial charge is 0.295 e. The second-order valence-electron chi connectivity index (χ2n) is 6.36. The Morgan fingerprint density at radius 1 is 1.21 bits per heavy atom. The van der Waals surface area contributed by atoms with Crippen LogP contribution < -0.4 is 9.47 Å². The summed E-state index contributed by atoms with van der Waals surface area (Å²) in [4.78, 5) is 26.7. The molecule has 1 saturated heterocycles. The van der Waals surface area contributed by atoms with Gasteiger partial charge in [0.15, 0.2) is 11.5 Å². The van der Waals surface area contributed by atoms with Crippen molar-refractivity contribution >= 4 is 17.4 Å². The van der Waals surface area contributed by atoms with Gasteiger partial charge in [-0.15, -0.1) is 0 Å². The number of carbonyl (C=O) groups excluding carboxylic acids is 2. The number of amides is 1. The van der Waals surface area contributed by atoms with E-state index >= 15 is 0 Å². The van der Waals surface area contributed by atoms with Crippen LogP contribution in [0.1, 0.15) is 17.4 Å². The molecule has 0 radical (unpaired) electrons. The Bertz CT molecular complexity index is 932. The number of hydrogen-bond donors (Lipinski definition) is 1. The van der Waals surface area contributed by atoms with Gasteiger partial charge in [-0.3, -0.25) is 9.59 Å². The molecule has 146 valence electrons. The third kappa shape index (κ3) is 3.01. The van der Waals surface area contributed by atoms with Gasteiger partial charge in [0.05, 0.1) is 18.4 Å². The summed E-state index contributed by atoms with van der Waals surface area (Å²) in [5.41, 5.74) is 0.318. The summed E-state index contributed by atoms with van der Waals surface area (Å²) in [6.45, 7) is 1.27. The first-order valence-electron chi connectivity index (χ1n) is 8.82. The number of ketones is 1. The number of benzene rings is 1. The lowest BCUT2D eigenvalue weighted by Gasteiger charge is -2.23. The molecule has 1 amide bonds. The number of ether oxygens (including phenoxy) is 3. The molecular formula is C20H19NO7. The van der Waals surface area contributed by atoms with Crippen LogP contribution in [0.4, 0.5) is 0 Å². The number of aliphatic hydroxyl groups is 1. The molecule has 3 heterocycles. The minimum atomic E-state index is -0.835. The Morgan fingerprint density at radius 3 is 2.71 bits per heavy atom. The maximum Gasteiger partial charge on any atom is 0.295 e. The van der Waals surface area contributed by atoms with Crippen molar-refractivity contribution in [3.8, 4) is 11.5 Å². The SMILES string of the molecule is COCCN1C(=O)C(=O)/C(=C(\O)c2ccc3c(c2)OCCO3)C1c1ccco1. The van der Waals surface area contributed by atoms with Gasteiger partial charge in [0.25, 0.3) is 11.7 Å². The number of rotatable bonds is 5. The first-order chi connectivity index (χ1) is 13.6. The van der Waals surface area contributed by atoms with Crippen molar-refractivity contribution in [2.75, 3.05) is 33.5 Å². The van der Waals surface area contributed by atoms with E-state index in [1.807, 2.05) is 0 Å². The van der Waals surface area contributed by atoms with Crippen molar-refractivity contribution in [2.24, 2.45) is 0 Å². The van der Waals surface area contributed by atoms with Crippen LogP contribution in [-0.4, -0.2) is 55.2 Å². The summed E-state index contributed by atoms with van der Waals surface area (Å²) < 4.78 is 21.5. The molecule has 0 bridgehead atoms. The number of Topliss-reactive ketones (excluding diaryl/α,β-unsaturated/α-hetero) is 1. The fraction of sp³-hybridized carbons (Fsp3) is 0.300. The van der Waals surface area contributed by atoms with E-state index in [-0.39, 0.29) is 24.5 Å². The molecule has 28 heavy (non-hydrogen) atoms.